The van der Waals surface area contributed by atoms with Crippen LogP contribution in [0.4, 0.5) is 0 Å². The molecule has 0 unspecified atom stereocenters. The first-order chi connectivity index (χ1) is 9.54. The highest BCUT2D eigenvalue weighted by atomic mass is 32.2. The van der Waals surface area contributed by atoms with Crippen molar-refractivity contribution >= 4 is 26.0 Å². The number of ketones is 1. The molecule has 10 heteroatoms. The highest BCUT2D eigenvalue weighted by molar-refractivity contribution is 7.86. The van der Waals surface area contributed by atoms with Crippen LogP contribution in [-0.2, 0) is 33.4 Å². The van der Waals surface area contributed by atoms with E-state index in [0.717, 1.165) is 12.5 Å². The minimum atomic E-state index is -3.74. The van der Waals surface area contributed by atoms with Crippen LogP contribution in [0, 0.1) is 5.92 Å². The SMILES string of the molecule is CS(=O)(=O)OCC1(COS(C)(=O)=O)C(=O)C2CCN1CC2. The minimum Gasteiger partial charge on any atom is -0.297 e. The van der Waals surface area contributed by atoms with E-state index in [-0.39, 0.29) is 11.7 Å². The lowest BCUT2D eigenvalue weighted by Crippen LogP contribution is -2.69. The summed E-state index contributed by atoms with van der Waals surface area (Å²) in [7, 11) is -7.48. The second kappa shape index (κ2) is 5.58. The highest BCUT2D eigenvalue weighted by Crippen LogP contribution is 2.37. The van der Waals surface area contributed by atoms with E-state index >= 15 is 0 Å². The van der Waals surface area contributed by atoms with Gasteiger partial charge in [0.2, 0.25) is 0 Å². The zero-order valence-corrected chi connectivity index (χ0v) is 13.6. The Balaban J connectivity index is 2.27. The summed E-state index contributed by atoms with van der Waals surface area (Å²) in [5.74, 6) is -0.395. The molecule has 0 spiro atoms. The molecule has 21 heavy (non-hydrogen) atoms. The van der Waals surface area contributed by atoms with E-state index in [0.29, 0.717) is 25.9 Å². The van der Waals surface area contributed by atoms with Gasteiger partial charge in [0.15, 0.2) is 5.78 Å². The fourth-order valence-electron chi connectivity index (χ4n) is 2.88. The zero-order chi connectivity index (χ0) is 15.9. The van der Waals surface area contributed by atoms with E-state index in [2.05, 4.69) is 0 Å². The van der Waals surface area contributed by atoms with Gasteiger partial charge in [0, 0.05) is 5.92 Å². The normalized spacial score (nSPS) is 28.8. The van der Waals surface area contributed by atoms with Gasteiger partial charge in [0.05, 0.1) is 25.7 Å². The molecule has 0 aromatic carbocycles. The maximum absolute atomic E-state index is 12.6. The first kappa shape index (κ1) is 16.8. The van der Waals surface area contributed by atoms with Crippen molar-refractivity contribution in [1.82, 2.24) is 4.90 Å². The number of carbonyl (C=O) groups is 1. The van der Waals surface area contributed by atoms with Gasteiger partial charge in [-0.2, -0.15) is 16.8 Å². The second-order valence-corrected chi connectivity index (χ2v) is 8.88. The summed E-state index contributed by atoms with van der Waals surface area (Å²) in [4.78, 5) is 14.3. The third-order valence-corrected chi connectivity index (χ3v) is 5.05. The van der Waals surface area contributed by atoms with Gasteiger partial charge >= 0.3 is 0 Å². The van der Waals surface area contributed by atoms with Crippen LogP contribution in [0.25, 0.3) is 0 Å². The Morgan fingerprint density at radius 1 is 1.05 bits per heavy atom. The number of hydrogen-bond donors (Lipinski definition) is 0. The molecular weight excluding hydrogens is 322 g/mol. The third-order valence-electron chi connectivity index (χ3n) is 3.95. The Morgan fingerprint density at radius 3 is 1.81 bits per heavy atom. The van der Waals surface area contributed by atoms with Gasteiger partial charge in [-0.3, -0.25) is 18.1 Å². The minimum absolute atomic E-state index is 0.193. The summed E-state index contributed by atoms with van der Waals surface area (Å²) >= 11 is 0. The molecule has 0 aromatic rings. The average Bonchev–Trinajstić information content (AvgIpc) is 2.36. The smallest absolute Gasteiger partial charge is 0.264 e. The van der Waals surface area contributed by atoms with Crippen molar-refractivity contribution in [2.45, 2.75) is 18.4 Å². The molecule has 3 rings (SSSR count). The van der Waals surface area contributed by atoms with Crippen LogP contribution in [-0.4, -0.2) is 71.9 Å². The molecule has 3 aliphatic rings. The Labute approximate surface area is 124 Å². The summed E-state index contributed by atoms with van der Waals surface area (Å²) in [6, 6.07) is 0. The number of fused-ring (bicyclic) bond motifs is 3. The van der Waals surface area contributed by atoms with Gasteiger partial charge in [0.25, 0.3) is 20.2 Å². The molecule has 3 saturated heterocycles. The molecule has 0 aliphatic carbocycles. The van der Waals surface area contributed by atoms with Crippen molar-refractivity contribution < 1.29 is 30.0 Å². The van der Waals surface area contributed by atoms with Crippen molar-refractivity contribution in [2.75, 3.05) is 38.8 Å². The maximum atomic E-state index is 12.6. The first-order valence-corrected chi connectivity index (χ1v) is 10.1. The number of carbonyl (C=O) groups excluding carboxylic acids is 1. The van der Waals surface area contributed by atoms with E-state index in [1.807, 2.05) is 0 Å². The zero-order valence-electron chi connectivity index (χ0n) is 11.9. The summed E-state index contributed by atoms with van der Waals surface area (Å²) in [6.45, 7) is 0.348. The van der Waals surface area contributed by atoms with E-state index in [9.17, 15) is 21.6 Å². The van der Waals surface area contributed by atoms with Crippen molar-refractivity contribution in [1.29, 1.82) is 0 Å². The number of Topliss-reactive ketones (excluding diaryl/α,β-unsaturated/α-hetero) is 1. The summed E-state index contributed by atoms with van der Waals surface area (Å²) in [5.41, 5.74) is -1.34. The Morgan fingerprint density at radius 2 is 1.48 bits per heavy atom. The molecule has 2 bridgehead atoms. The largest absolute Gasteiger partial charge is 0.297 e. The van der Waals surface area contributed by atoms with Crippen LogP contribution < -0.4 is 0 Å². The van der Waals surface area contributed by atoms with Crippen molar-refractivity contribution in [3.05, 3.63) is 0 Å². The molecule has 3 fully saturated rings. The quantitative estimate of drug-likeness (QED) is 0.565. The summed E-state index contributed by atoms with van der Waals surface area (Å²) < 4.78 is 54.5. The van der Waals surface area contributed by atoms with Crippen molar-refractivity contribution in [2.24, 2.45) is 5.92 Å². The van der Waals surface area contributed by atoms with Gasteiger partial charge in [-0.1, -0.05) is 0 Å². The molecule has 0 aromatic heterocycles. The maximum Gasteiger partial charge on any atom is 0.264 e. The van der Waals surface area contributed by atoms with Crippen LogP contribution in [0.3, 0.4) is 0 Å². The molecule has 0 amide bonds. The van der Waals surface area contributed by atoms with E-state index in [1.165, 1.54) is 0 Å². The predicted molar refractivity (Wildman–Crippen MR) is 73.6 cm³/mol. The monoisotopic (exact) mass is 341 g/mol. The van der Waals surface area contributed by atoms with Gasteiger partial charge in [-0.15, -0.1) is 0 Å². The van der Waals surface area contributed by atoms with Crippen LogP contribution in [0.1, 0.15) is 12.8 Å². The van der Waals surface area contributed by atoms with Gasteiger partial charge in [0.1, 0.15) is 5.54 Å². The number of piperidine rings is 3. The Bertz CT molecular complexity index is 581. The molecule has 0 atom stereocenters. The number of nitrogens with zero attached hydrogens (tertiary/aromatic N) is 1. The fourth-order valence-corrected chi connectivity index (χ4v) is 3.70. The first-order valence-electron chi connectivity index (χ1n) is 6.52. The number of hydrogen-bond acceptors (Lipinski definition) is 8. The molecule has 8 nitrogen and oxygen atoms in total. The van der Waals surface area contributed by atoms with Gasteiger partial charge in [-0.05, 0) is 25.9 Å². The van der Waals surface area contributed by atoms with Gasteiger partial charge in [-0.25, -0.2) is 0 Å². The van der Waals surface area contributed by atoms with E-state index < -0.39 is 39.0 Å². The third kappa shape index (κ3) is 3.81. The van der Waals surface area contributed by atoms with E-state index in [1.54, 1.807) is 4.90 Å². The molecular formula is C11H19NO7S2. The second-order valence-electron chi connectivity index (χ2n) is 5.59. The molecule has 122 valence electrons. The lowest BCUT2D eigenvalue weighted by molar-refractivity contribution is -0.154. The summed E-state index contributed by atoms with van der Waals surface area (Å²) in [5, 5.41) is 0. The lowest BCUT2D eigenvalue weighted by atomic mass is 9.74. The predicted octanol–water partition coefficient (Wildman–Crippen LogP) is -1.03. The standard InChI is InChI=1S/C11H19NO7S2/c1-20(14,15)18-7-11(8-19-21(2,16)17)10(13)9-3-5-12(11)6-4-9/h9H,3-8H2,1-2H3. The molecule has 0 saturated carbocycles. The number of rotatable bonds is 6. The molecule has 3 heterocycles. The van der Waals surface area contributed by atoms with Crippen LogP contribution >= 0.6 is 0 Å². The van der Waals surface area contributed by atoms with E-state index in [4.69, 9.17) is 8.37 Å². The molecule has 0 N–H and O–H groups in total. The Hall–Kier alpha value is -0.550. The Kier molecular flexibility index (Phi) is 4.47. The molecule has 0 radical (unpaired) electrons. The van der Waals surface area contributed by atoms with Crippen LogP contribution in [0.2, 0.25) is 0 Å². The van der Waals surface area contributed by atoms with Crippen molar-refractivity contribution in [3.8, 4) is 0 Å². The topological polar surface area (TPSA) is 107 Å². The summed E-state index contributed by atoms with van der Waals surface area (Å²) in [6.07, 6.45) is 3.16. The lowest BCUT2D eigenvalue weighted by Gasteiger charge is -2.51. The fraction of sp³-hybridized carbons (Fsp3) is 0.909. The highest BCUT2D eigenvalue weighted by Gasteiger charge is 2.54. The van der Waals surface area contributed by atoms with Crippen LogP contribution in [0.5, 0.6) is 0 Å². The van der Waals surface area contributed by atoms with Crippen molar-refractivity contribution in [3.63, 3.8) is 0 Å². The molecule has 3 aliphatic heterocycles. The average molecular weight is 341 g/mol. The van der Waals surface area contributed by atoms with Gasteiger partial charge < -0.3 is 0 Å². The van der Waals surface area contributed by atoms with Crippen LogP contribution in [0.15, 0.2) is 0 Å².